The minimum atomic E-state index is -4.60. The van der Waals surface area contributed by atoms with E-state index >= 15 is 0 Å². The monoisotopic (exact) mass is 1240 g/mol. The summed E-state index contributed by atoms with van der Waals surface area (Å²) < 4.78 is 44.8. The second-order valence-electron chi connectivity index (χ2n) is 23.5. The Balaban J connectivity index is 0.000000227. The van der Waals surface area contributed by atoms with Crippen molar-refractivity contribution in [2.75, 3.05) is 72.5 Å². The minimum Gasteiger partial charge on any atom is -1.00 e. The number of carbonyl (C=O) groups is 1. The first-order valence-corrected chi connectivity index (χ1v) is 32.8. The van der Waals surface area contributed by atoms with E-state index in [0.717, 1.165) is 142 Å². The summed E-state index contributed by atoms with van der Waals surface area (Å²) >= 11 is 0. The molecule has 2 aliphatic heterocycles. The lowest BCUT2D eigenvalue weighted by atomic mass is 9.83. The van der Waals surface area contributed by atoms with Gasteiger partial charge in [-0.3, -0.25) is 0 Å². The summed E-state index contributed by atoms with van der Waals surface area (Å²) in [5, 5.41) is 0. The fourth-order valence-electron chi connectivity index (χ4n) is 12.1. The average Bonchev–Trinajstić information content (AvgIpc) is 1.84. The van der Waals surface area contributed by atoms with Crippen molar-refractivity contribution in [1.82, 2.24) is 4.98 Å². The number of nitrogens with one attached hydrogen (secondary N) is 1. The van der Waals surface area contributed by atoms with Crippen LogP contribution in [0.25, 0.3) is 33.3 Å². The predicted molar refractivity (Wildman–Crippen MR) is 364 cm³/mol. The number of ketones is 1. The van der Waals surface area contributed by atoms with Crippen LogP contribution in [0.5, 0.6) is 0 Å². The highest BCUT2D eigenvalue weighted by molar-refractivity contribution is 7.85. The zero-order chi connectivity index (χ0) is 63.1. The van der Waals surface area contributed by atoms with Crippen molar-refractivity contribution in [3.8, 4) is 5.69 Å². The Hall–Kier alpha value is -8.01. The number of hydrogen-bond acceptors (Lipinski definition) is 11. The quantitative estimate of drug-likeness (QED) is 0.0194. The smallest absolute Gasteiger partial charge is 0.239 e. The highest BCUT2D eigenvalue weighted by Gasteiger charge is 2.40. The molecular formula is C74H91ClN8O5S. The Morgan fingerprint density at radius 3 is 2.07 bits per heavy atom. The van der Waals surface area contributed by atoms with E-state index in [1.807, 2.05) is 54.6 Å². The van der Waals surface area contributed by atoms with E-state index in [-0.39, 0.29) is 29.1 Å². The van der Waals surface area contributed by atoms with Gasteiger partial charge in [-0.25, -0.2) is 13.4 Å². The number of halogens is 1. The zero-order valence-electron chi connectivity index (χ0n) is 53.7. The molecule has 6 aromatic carbocycles. The molecule has 5 N–H and O–H groups in total. The number of nitrogens with two attached hydrogens (primary N) is 2. The Bertz CT molecular complexity index is 3870. The molecule has 1 aromatic heterocycles. The van der Waals surface area contributed by atoms with E-state index < -0.39 is 15.5 Å². The van der Waals surface area contributed by atoms with E-state index in [2.05, 4.69) is 185 Å². The lowest BCUT2D eigenvalue weighted by Crippen LogP contribution is -3.14. The number of hydrogen-bond donors (Lipinski definition) is 3. The lowest BCUT2D eigenvalue weighted by molar-refractivity contribution is -0.908. The van der Waals surface area contributed by atoms with E-state index in [4.69, 9.17) is 21.2 Å². The molecule has 1 unspecified atom stereocenters. The number of carbonyl (C=O) groups excluding carboxylic acids is 1. The van der Waals surface area contributed by atoms with Crippen molar-refractivity contribution in [2.24, 2.45) is 0 Å². The zero-order valence-corrected chi connectivity index (χ0v) is 55.3. The first-order chi connectivity index (χ1) is 42.3. The number of quaternary nitrogens is 1. The number of unbranched alkanes of at least 4 members (excludes halogenated alkanes) is 4. The van der Waals surface area contributed by atoms with Crippen molar-refractivity contribution in [3.63, 3.8) is 0 Å². The number of Topliss-reactive ketones (excluding diaryl/α,β-unsaturated/α-hetero) is 1. The number of fused-ring (bicyclic) bond motifs is 4. The minimum absolute atomic E-state index is 0. The van der Waals surface area contributed by atoms with E-state index in [1.165, 1.54) is 47.7 Å². The number of ether oxygens (including phenoxy) is 1. The van der Waals surface area contributed by atoms with Crippen LogP contribution in [-0.4, -0.2) is 76.1 Å². The Morgan fingerprint density at radius 1 is 0.787 bits per heavy atom. The first-order valence-electron chi connectivity index (χ1n) is 31.4. The van der Waals surface area contributed by atoms with Gasteiger partial charge in [0, 0.05) is 121 Å². The van der Waals surface area contributed by atoms with Crippen molar-refractivity contribution < 1.29 is 44.4 Å². The van der Waals surface area contributed by atoms with Crippen LogP contribution in [0.4, 0.5) is 28.4 Å². The molecule has 89 heavy (non-hydrogen) atoms. The van der Waals surface area contributed by atoms with Crippen LogP contribution < -0.4 is 48.0 Å². The summed E-state index contributed by atoms with van der Waals surface area (Å²) in [6.07, 6.45) is 19.8. The van der Waals surface area contributed by atoms with Crippen molar-refractivity contribution in [3.05, 3.63) is 215 Å². The topological polar surface area (TPSA) is 166 Å². The molecule has 3 heterocycles. The number of allylic oxidation sites excluding steroid dienone is 7. The molecule has 0 spiro atoms. The number of nitrogens with zero attached hydrogens (tertiary/aromatic N) is 5. The molecule has 470 valence electrons. The van der Waals surface area contributed by atoms with Gasteiger partial charge < -0.3 is 57.6 Å². The molecule has 10 rings (SSSR count). The third-order valence-electron chi connectivity index (χ3n) is 17.1. The van der Waals surface area contributed by atoms with Gasteiger partial charge in [0.05, 0.1) is 18.0 Å². The van der Waals surface area contributed by atoms with Gasteiger partial charge >= 0.3 is 0 Å². The second-order valence-corrected chi connectivity index (χ2v) is 24.8. The molecule has 3 aliphatic rings. The van der Waals surface area contributed by atoms with Crippen LogP contribution in [-0.2, 0) is 25.1 Å². The largest absolute Gasteiger partial charge is 1.00 e. The maximum atomic E-state index is 11.9. The van der Waals surface area contributed by atoms with Gasteiger partial charge in [-0.1, -0.05) is 94.6 Å². The number of aromatic nitrogens is 2. The van der Waals surface area contributed by atoms with Gasteiger partial charge in [0.1, 0.15) is 44.5 Å². The number of nitrogen functional groups attached to an aromatic ring is 2. The molecule has 0 fully saturated rings. The number of para-hydroxylation sites is 1. The third kappa shape index (κ3) is 16.6. The summed E-state index contributed by atoms with van der Waals surface area (Å²) in [5.74, 6) is 1.83. The molecule has 13 nitrogen and oxygen atoms in total. The Morgan fingerprint density at radius 2 is 1.43 bits per heavy atom. The average molecular weight is 1240 g/mol. The molecule has 15 heteroatoms. The summed E-state index contributed by atoms with van der Waals surface area (Å²) in [6, 6.07) is 46.1. The Kier molecular flexibility index (Phi) is 24.2. The lowest BCUT2D eigenvalue weighted by Gasteiger charge is -2.30. The molecule has 0 saturated carbocycles. The SMILES string of the molecule is CCCCCN(C)c1ccc(N)cc1.CCN(CC)c1ccc2nc3ccc(N)cc3[n+](-c3ccccc3)c2c1.CC[NH+](CC)C1C=CC2=C(c3ccccc3)C(C)=C(/C=C/C=C3/N(CCCCCC(C)=O)c4ccc(S(=O)(=O)[O-])cc4C3(C)C)OC2=C1.[Cl-]. The van der Waals surface area contributed by atoms with Gasteiger partial charge in [0.25, 0.3) is 0 Å². The highest BCUT2D eigenvalue weighted by atomic mass is 35.5. The molecule has 1 atom stereocenters. The van der Waals surface area contributed by atoms with Crippen LogP contribution in [0, 0.1) is 0 Å². The molecule has 1 aliphatic carbocycles. The fourth-order valence-corrected chi connectivity index (χ4v) is 12.6. The van der Waals surface area contributed by atoms with Gasteiger partial charge in [0.15, 0.2) is 0 Å². The summed E-state index contributed by atoms with van der Waals surface area (Å²) in [5.41, 5.74) is 27.4. The van der Waals surface area contributed by atoms with Crippen LogP contribution in [0.3, 0.4) is 0 Å². The molecular weight excluding hydrogens is 1150 g/mol. The summed E-state index contributed by atoms with van der Waals surface area (Å²) in [6.45, 7) is 24.6. The van der Waals surface area contributed by atoms with E-state index in [1.54, 1.807) is 13.0 Å². The van der Waals surface area contributed by atoms with Crippen LogP contribution in [0.2, 0.25) is 0 Å². The predicted octanol–water partition coefficient (Wildman–Crippen LogP) is 10.8. The number of rotatable bonds is 22. The van der Waals surface area contributed by atoms with Crippen LogP contribution >= 0.6 is 0 Å². The van der Waals surface area contributed by atoms with Crippen molar-refractivity contribution in [2.45, 2.75) is 124 Å². The molecule has 0 amide bonds. The van der Waals surface area contributed by atoms with Gasteiger partial charge in [-0.2, -0.15) is 0 Å². The van der Waals surface area contributed by atoms with Gasteiger partial charge in [-0.05, 0) is 169 Å². The highest BCUT2D eigenvalue weighted by Crippen LogP contribution is 2.49. The number of likely N-dealkylation sites (N-methyl/N-ethyl adjacent to an activating group) is 1. The summed E-state index contributed by atoms with van der Waals surface area (Å²) in [7, 11) is -2.48. The maximum absolute atomic E-state index is 11.9. The van der Waals surface area contributed by atoms with Gasteiger partial charge in [-0.15, -0.1) is 4.57 Å². The maximum Gasteiger partial charge on any atom is 0.239 e. The molecule has 0 radical (unpaired) electrons. The second kappa shape index (κ2) is 31.4. The normalized spacial score (nSPS) is 15.5. The first kappa shape index (κ1) is 68.5. The molecule has 7 aromatic rings. The van der Waals surface area contributed by atoms with Crippen molar-refractivity contribution in [1.29, 1.82) is 0 Å². The summed E-state index contributed by atoms with van der Waals surface area (Å²) in [4.78, 5) is 24.4. The van der Waals surface area contributed by atoms with Crippen molar-refractivity contribution >= 4 is 72.0 Å². The standard InChI is InChI=1S/C40H48N2O5S.C22H22N4.C12H20N2.ClH/c1-7-41(8-2)31-21-23-33-37(26-31)47-36(29(4)39(33)30-17-12-9-13-18-30)19-15-20-38-40(5,6)34-27-32(48(44,45)46)22-24-35(34)42(38)25-14-10-11-16-28(3)43;1-3-25(4-2)18-11-13-20-22(15-18)26(17-8-6-5-7-9-17)21-14-16(23)10-12-19(21)24-20;1-3-4-5-10-14(2)12-8-6-11(13)7-9-12;/h9,12-13,15,17-24,26-27,31H,7-8,10-11,14,16,25H2,1-6H3,(H,44,45,46);5-15,23H,3-4H2,1-2H3;6-9H,3-5,10,13H2,1-2H3;1H/b19-15+,38-20+;;;. The number of benzene rings is 6. The van der Waals surface area contributed by atoms with E-state index in [0.29, 0.717) is 13.0 Å². The van der Waals surface area contributed by atoms with E-state index in [9.17, 15) is 17.8 Å². The van der Waals surface area contributed by atoms with Gasteiger partial charge in [0.2, 0.25) is 16.7 Å². The van der Waals surface area contributed by atoms with Crippen LogP contribution in [0.15, 0.2) is 209 Å². The fraction of sp³-hybridized carbons (Fsp3) is 0.338. The third-order valence-corrected chi connectivity index (χ3v) is 17.9. The molecule has 0 saturated heterocycles. The molecule has 0 bridgehead atoms. The van der Waals surface area contributed by atoms with Crippen LogP contribution in [0.1, 0.15) is 118 Å². The number of anilines is 5. The Labute approximate surface area is 535 Å².